The summed E-state index contributed by atoms with van der Waals surface area (Å²) in [6.07, 6.45) is 4.84. The van der Waals surface area contributed by atoms with Gasteiger partial charge in [0.15, 0.2) is 0 Å². The van der Waals surface area contributed by atoms with E-state index in [0.717, 1.165) is 41.2 Å². The molecule has 0 atom stereocenters. The maximum absolute atomic E-state index is 12.9. The van der Waals surface area contributed by atoms with E-state index in [0.29, 0.717) is 16.0 Å². The van der Waals surface area contributed by atoms with Gasteiger partial charge in [0.1, 0.15) is 0 Å². The third-order valence-corrected chi connectivity index (χ3v) is 5.82. The molecular weight excluding hydrogens is 382 g/mol. The molecule has 2 heterocycles. The van der Waals surface area contributed by atoms with Gasteiger partial charge in [0.2, 0.25) is 0 Å². The Hall–Kier alpha value is -3.30. The molecular formula is C23H19N3O2S. The molecule has 1 saturated heterocycles. The zero-order chi connectivity index (χ0) is 20.4. The van der Waals surface area contributed by atoms with Crippen molar-refractivity contribution in [2.75, 3.05) is 0 Å². The van der Waals surface area contributed by atoms with Gasteiger partial charge in [-0.15, -0.1) is 0 Å². The zero-order valence-corrected chi connectivity index (χ0v) is 16.8. The van der Waals surface area contributed by atoms with Crippen LogP contribution in [0.1, 0.15) is 30.0 Å². The van der Waals surface area contributed by atoms with Crippen LogP contribution >= 0.6 is 11.8 Å². The summed E-state index contributed by atoms with van der Waals surface area (Å²) in [5, 5.41) is 10.0. The average Bonchev–Trinajstić information content (AvgIpc) is 3.21. The van der Waals surface area contributed by atoms with Gasteiger partial charge < -0.3 is 4.57 Å². The van der Waals surface area contributed by atoms with Crippen LogP contribution in [0, 0.1) is 11.3 Å². The monoisotopic (exact) mass is 401 g/mol. The quantitative estimate of drug-likeness (QED) is 0.554. The molecule has 0 unspecified atom stereocenters. The van der Waals surface area contributed by atoms with Crippen LogP contribution < -0.4 is 0 Å². The molecule has 0 radical (unpaired) electrons. The number of thioether (sulfide) groups is 1. The Morgan fingerprint density at radius 1 is 1.10 bits per heavy atom. The second-order valence-electron chi connectivity index (χ2n) is 6.83. The van der Waals surface area contributed by atoms with Gasteiger partial charge in [0.25, 0.3) is 11.1 Å². The first-order chi connectivity index (χ1) is 14.1. The van der Waals surface area contributed by atoms with Crippen LogP contribution in [0.5, 0.6) is 0 Å². The van der Waals surface area contributed by atoms with E-state index in [1.165, 1.54) is 4.90 Å². The number of carbonyl (C=O) groups is 2. The number of aryl methyl sites for hydroxylation is 1. The second kappa shape index (κ2) is 7.98. The van der Waals surface area contributed by atoms with Crippen LogP contribution in [0.3, 0.4) is 0 Å². The molecule has 0 aliphatic carbocycles. The minimum atomic E-state index is -0.319. The molecule has 2 amide bonds. The van der Waals surface area contributed by atoms with Crippen molar-refractivity contribution in [3.05, 3.63) is 76.3 Å². The number of fused-ring (bicyclic) bond motifs is 1. The molecule has 1 aromatic heterocycles. The Morgan fingerprint density at radius 2 is 1.86 bits per heavy atom. The number of amides is 2. The summed E-state index contributed by atoms with van der Waals surface area (Å²) < 4.78 is 2.18. The topological polar surface area (TPSA) is 66.1 Å². The lowest BCUT2D eigenvalue weighted by Gasteiger charge is -2.13. The van der Waals surface area contributed by atoms with Crippen molar-refractivity contribution in [2.45, 2.75) is 26.4 Å². The number of imide groups is 1. The van der Waals surface area contributed by atoms with Crippen LogP contribution in [-0.2, 0) is 17.9 Å². The Bertz CT molecular complexity index is 1190. The first kappa shape index (κ1) is 19.0. The summed E-state index contributed by atoms with van der Waals surface area (Å²) in [5.41, 5.74) is 3.18. The van der Waals surface area contributed by atoms with Gasteiger partial charge in [-0.1, -0.05) is 43.3 Å². The number of para-hydroxylation sites is 1. The van der Waals surface area contributed by atoms with Gasteiger partial charge >= 0.3 is 0 Å². The van der Waals surface area contributed by atoms with Gasteiger partial charge in [-0.3, -0.25) is 14.5 Å². The zero-order valence-electron chi connectivity index (χ0n) is 16.0. The van der Waals surface area contributed by atoms with Crippen LogP contribution in [-0.4, -0.2) is 20.6 Å². The normalized spacial score (nSPS) is 15.4. The van der Waals surface area contributed by atoms with Gasteiger partial charge in [-0.2, -0.15) is 5.26 Å². The molecule has 2 aromatic carbocycles. The smallest absolute Gasteiger partial charge is 0.293 e. The molecule has 0 N–H and O–H groups in total. The molecule has 3 aromatic rings. The predicted molar refractivity (Wildman–Crippen MR) is 115 cm³/mol. The maximum atomic E-state index is 12.9. The van der Waals surface area contributed by atoms with E-state index in [1.54, 1.807) is 30.3 Å². The predicted octanol–water partition coefficient (Wildman–Crippen LogP) is 5.16. The Labute approximate surface area is 173 Å². The summed E-state index contributed by atoms with van der Waals surface area (Å²) in [6, 6.07) is 17.2. The van der Waals surface area contributed by atoms with Crippen molar-refractivity contribution in [1.29, 1.82) is 5.26 Å². The molecule has 29 heavy (non-hydrogen) atoms. The molecule has 4 rings (SSSR count). The summed E-state index contributed by atoms with van der Waals surface area (Å²) in [6.45, 7) is 3.11. The average molecular weight is 401 g/mol. The van der Waals surface area contributed by atoms with Crippen molar-refractivity contribution < 1.29 is 9.59 Å². The molecule has 1 fully saturated rings. The molecule has 6 heteroatoms. The lowest BCUT2D eigenvalue weighted by molar-refractivity contribution is -0.123. The van der Waals surface area contributed by atoms with E-state index in [9.17, 15) is 14.9 Å². The highest BCUT2D eigenvalue weighted by Gasteiger charge is 2.35. The largest absolute Gasteiger partial charge is 0.347 e. The fourth-order valence-corrected chi connectivity index (χ4v) is 4.36. The molecule has 1 aliphatic heterocycles. The van der Waals surface area contributed by atoms with Gasteiger partial charge in [0, 0.05) is 29.2 Å². The Kier molecular flexibility index (Phi) is 5.24. The molecule has 144 valence electrons. The molecule has 5 nitrogen and oxygen atoms in total. The number of nitrogens with zero attached hydrogens (tertiary/aromatic N) is 3. The standard InChI is InChI=1S/C23H19N3O2S/c1-2-11-25-14-18(19-9-5-6-10-20(19)25)12-21-22(27)26(23(28)29-21)15-17-8-4-3-7-16(17)13-24/h3-10,12,14H,2,11,15H2,1H3/b21-12-. The van der Waals surface area contributed by atoms with E-state index in [2.05, 4.69) is 23.6 Å². The highest BCUT2D eigenvalue weighted by atomic mass is 32.2. The fraction of sp³-hybridized carbons (Fsp3) is 0.174. The fourth-order valence-electron chi connectivity index (χ4n) is 3.53. The van der Waals surface area contributed by atoms with Crippen LogP contribution in [0.2, 0.25) is 0 Å². The number of hydrogen-bond donors (Lipinski definition) is 0. The summed E-state index contributed by atoms with van der Waals surface area (Å²) >= 11 is 0.947. The van der Waals surface area contributed by atoms with Crippen molar-refractivity contribution in [3.8, 4) is 6.07 Å². The van der Waals surface area contributed by atoms with Gasteiger partial charge in [0.05, 0.1) is 23.1 Å². The number of aromatic nitrogens is 1. The van der Waals surface area contributed by atoms with E-state index < -0.39 is 0 Å². The lowest BCUT2D eigenvalue weighted by atomic mass is 10.1. The SMILES string of the molecule is CCCn1cc(/C=C2\SC(=O)N(Cc3ccccc3C#N)C2=O)c2ccccc21. The number of benzene rings is 2. The Morgan fingerprint density at radius 3 is 2.66 bits per heavy atom. The van der Waals surface area contributed by atoms with E-state index in [1.807, 2.05) is 24.4 Å². The molecule has 0 bridgehead atoms. The number of rotatable bonds is 5. The summed E-state index contributed by atoms with van der Waals surface area (Å²) in [4.78, 5) is 27.0. The summed E-state index contributed by atoms with van der Waals surface area (Å²) in [5.74, 6) is -0.319. The van der Waals surface area contributed by atoms with Gasteiger partial charge in [-0.05, 0) is 42.0 Å². The lowest BCUT2D eigenvalue weighted by Crippen LogP contribution is -2.27. The van der Waals surface area contributed by atoms with Crippen molar-refractivity contribution in [2.24, 2.45) is 0 Å². The minimum absolute atomic E-state index is 0.101. The number of carbonyl (C=O) groups excluding carboxylic acids is 2. The van der Waals surface area contributed by atoms with Crippen LogP contribution in [0.25, 0.3) is 17.0 Å². The van der Waals surface area contributed by atoms with Crippen LogP contribution in [0.15, 0.2) is 59.6 Å². The highest BCUT2D eigenvalue weighted by Crippen LogP contribution is 2.35. The molecule has 0 spiro atoms. The summed E-state index contributed by atoms with van der Waals surface area (Å²) in [7, 11) is 0. The number of hydrogen-bond acceptors (Lipinski definition) is 4. The van der Waals surface area contributed by atoms with Crippen molar-refractivity contribution in [1.82, 2.24) is 9.47 Å². The van der Waals surface area contributed by atoms with E-state index >= 15 is 0 Å². The first-order valence-electron chi connectivity index (χ1n) is 9.43. The van der Waals surface area contributed by atoms with E-state index in [-0.39, 0.29) is 17.7 Å². The number of nitriles is 1. The van der Waals surface area contributed by atoms with Gasteiger partial charge in [-0.25, -0.2) is 0 Å². The first-order valence-corrected chi connectivity index (χ1v) is 10.2. The third kappa shape index (κ3) is 3.57. The van der Waals surface area contributed by atoms with Crippen molar-refractivity contribution in [3.63, 3.8) is 0 Å². The Balaban J connectivity index is 1.67. The molecule has 0 saturated carbocycles. The molecule has 1 aliphatic rings. The second-order valence-corrected chi connectivity index (χ2v) is 7.82. The maximum Gasteiger partial charge on any atom is 0.293 e. The third-order valence-electron chi connectivity index (χ3n) is 4.91. The minimum Gasteiger partial charge on any atom is -0.347 e. The van der Waals surface area contributed by atoms with Crippen LogP contribution in [0.4, 0.5) is 4.79 Å². The highest BCUT2D eigenvalue weighted by molar-refractivity contribution is 8.18. The van der Waals surface area contributed by atoms with Crippen molar-refractivity contribution >= 4 is 39.9 Å². The van der Waals surface area contributed by atoms with E-state index in [4.69, 9.17) is 0 Å².